The highest BCUT2D eigenvalue weighted by atomic mass is 32.2. The average molecular weight is 282 g/mol. The van der Waals surface area contributed by atoms with Crippen molar-refractivity contribution in [2.45, 2.75) is 55.1 Å². The minimum absolute atomic E-state index is 0.0949. The van der Waals surface area contributed by atoms with Crippen LogP contribution in [-0.2, 0) is 15.5 Å². The van der Waals surface area contributed by atoms with Crippen LogP contribution in [0.2, 0.25) is 0 Å². The highest BCUT2D eigenvalue weighted by Crippen LogP contribution is 2.43. The Balaban J connectivity index is 1.60. The summed E-state index contributed by atoms with van der Waals surface area (Å²) in [4.78, 5) is 0.692. The lowest BCUT2D eigenvalue weighted by Gasteiger charge is -2.23. The van der Waals surface area contributed by atoms with Crippen molar-refractivity contribution in [1.82, 2.24) is 0 Å². The molecule has 0 N–H and O–H groups in total. The molecule has 104 valence electrons. The molecule has 2 fully saturated rings. The lowest BCUT2D eigenvalue weighted by atomic mass is 9.98. The number of rotatable bonds is 3. The van der Waals surface area contributed by atoms with E-state index >= 15 is 0 Å². The number of ether oxygens (including phenoxy) is 1. The Morgan fingerprint density at radius 2 is 1.89 bits per heavy atom. The molecule has 1 saturated carbocycles. The van der Waals surface area contributed by atoms with Crippen LogP contribution in [0.3, 0.4) is 0 Å². The first kappa shape index (κ1) is 13.3. The second kappa shape index (κ2) is 5.33. The third-order valence-corrected chi connectivity index (χ3v) is 5.74. The van der Waals surface area contributed by atoms with Gasteiger partial charge < -0.3 is 4.74 Å². The molecule has 1 heterocycles. The smallest absolute Gasteiger partial charge is 0.123 e. The van der Waals surface area contributed by atoms with Crippen LogP contribution in [0, 0.1) is 5.82 Å². The van der Waals surface area contributed by atoms with Gasteiger partial charge in [-0.05, 0) is 49.9 Å². The molecule has 4 heteroatoms. The molecule has 2 atom stereocenters. The third kappa shape index (κ3) is 2.90. The van der Waals surface area contributed by atoms with Crippen LogP contribution in [-0.4, -0.2) is 21.7 Å². The quantitative estimate of drug-likeness (QED) is 0.849. The number of benzene rings is 1. The minimum Gasteiger partial charge on any atom is -0.371 e. The van der Waals surface area contributed by atoms with Crippen LogP contribution in [0.4, 0.5) is 4.39 Å². The van der Waals surface area contributed by atoms with Crippen molar-refractivity contribution in [1.29, 1.82) is 0 Å². The molecule has 0 radical (unpaired) electrons. The fraction of sp³-hybridized carbons (Fsp3) is 0.600. The zero-order valence-corrected chi connectivity index (χ0v) is 11.8. The van der Waals surface area contributed by atoms with Gasteiger partial charge in [-0.15, -0.1) is 0 Å². The molecule has 0 bridgehead atoms. The Morgan fingerprint density at radius 3 is 2.58 bits per heavy atom. The fourth-order valence-electron chi connectivity index (χ4n) is 3.25. The molecule has 1 saturated heterocycles. The molecule has 2 unspecified atom stereocenters. The largest absolute Gasteiger partial charge is 0.371 e. The summed E-state index contributed by atoms with van der Waals surface area (Å²) in [6.07, 6.45) is 7.05. The van der Waals surface area contributed by atoms with Crippen LogP contribution >= 0.6 is 0 Å². The molecule has 1 aliphatic heterocycles. The number of hydrogen-bond donors (Lipinski definition) is 0. The summed E-state index contributed by atoms with van der Waals surface area (Å²) in [7, 11) is -1.09. The van der Waals surface area contributed by atoms with Crippen molar-refractivity contribution in [3.05, 3.63) is 30.1 Å². The van der Waals surface area contributed by atoms with Gasteiger partial charge in [0.2, 0.25) is 0 Å². The van der Waals surface area contributed by atoms with E-state index in [9.17, 15) is 8.60 Å². The number of hydrogen-bond acceptors (Lipinski definition) is 2. The second-order valence-corrected chi connectivity index (χ2v) is 7.13. The molecule has 1 aliphatic carbocycles. The van der Waals surface area contributed by atoms with Crippen LogP contribution < -0.4 is 0 Å². The Bertz CT molecular complexity index is 466. The summed E-state index contributed by atoms with van der Waals surface area (Å²) in [5, 5.41) is 0. The van der Waals surface area contributed by atoms with E-state index in [1.165, 1.54) is 25.0 Å². The van der Waals surface area contributed by atoms with Crippen molar-refractivity contribution in [3.8, 4) is 0 Å². The van der Waals surface area contributed by atoms with Gasteiger partial charge >= 0.3 is 0 Å². The summed E-state index contributed by atoms with van der Waals surface area (Å²) in [6, 6.07) is 5.93. The van der Waals surface area contributed by atoms with Gasteiger partial charge in [0.25, 0.3) is 0 Å². The van der Waals surface area contributed by atoms with E-state index in [-0.39, 0.29) is 17.5 Å². The van der Waals surface area contributed by atoms with E-state index in [0.717, 1.165) is 25.7 Å². The van der Waals surface area contributed by atoms with E-state index in [4.69, 9.17) is 4.74 Å². The molecule has 1 spiro atoms. The molecule has 2 nitrogen and oxygen atoms in total. The van der Waals surface area contributed by atoms with Crippen molar-refractivity contribution in [2.24, 2.45) is 0 Å². The summed E-state index contributed by atoms with van der Waals surface area (Å²) in [5.74, 6) is 0.246. The summed E-state index contributed by atoms with van der Waals surface area (Å²) >= 11 is 0. The summed E-state index contributed by atoms with van der Waals surface area (Å²) in [6.45, 7) is 0. The van der Waals surface area contributed by atoms with E-state index in [0.29, 0.717) is 10.6 Å². The lowest BCUT2D eigenvalue weighted by molar-refractivity contribution is -0.0270. The molecule has 2 aliphatic rings. The topological polar surface area (TPSA) is 26.3 Å². The van der Waals surface area contributed by atoms with Gasteiger partial charge in [0.1, 0.15) is 5.82 Å². The normalized spacial score (nSPS) is 26.9. The van der Waals surface area contributed by atoms with E-state index in [2.05, 4.69) is 0 Å². The summed E-state index contributed by atoms with van der Waals surface area (Å²) < 4.78 is 31.2. The molecular weight excluding hydrogens is 263 g/mol. The first-order valence-electron chi connectivity index (χ1n) is 6.99. The Labute approximate surface area is 115 Å². The fourth-order valence-corrected chi connectivity index (χ4v) is 4.46. The zero-order valence-electron chi connectivity index (χ0n) is 10.9. The maximum atomic E-state index is 12.8. The van der Waals surface area contributed by atoms with Crippen LogP contribution in [0.25, 0.3) is 0 Å². The predicted molar refractivity (Wildman–Crippen MR) is 73.0 cm³/mol. The SMILES string of the molecule is O=S(CC1CCC2(CCCC2)O1)c1ccc(F)cc1. The van der Waals surface area contributed by atoms with Gasteiger partial charge in [0.15, 0.2) is 0 Å². The van der Waals surface area contributed by atoms with Crippen molar-refractivity contribution >= 4 is 10.8 Å². The zero-order chi connectivity index (χ0) is 13.3. The maximum Gasteiger partial charge on any atom is 0.123 e. The van der Waals surface area contributed by atoms with Gasteiger partial charge in [-0.2, -0.15) is 0 Å². The molecule has 1 aromatic carbocycles. The first-order chi connectivity index (χ1) is 9.17. The standard InChI is InChI=1S/C15H19FO2S/c16-12-3-5-14(6-4-12)19(17)11-13-7-10-15(18-13)8-1-2-9-15/h3-6,13H,1-2,7-11H2. The molecule has 0 aromatic heterocycles. The third-order valence-electron chi connectivity index (χ3n) is 4.27. The monoisotopic (exact) mass is 282 g/mol. The highest BCUT2D eigenvalue weighted by Gasteiger charge is 2.42. The first-order valence-corrected chi connectivity index (χ1v) is 8.31. The molecule has 1 aromatic rings. The van der Waals surface area contributed by atoms with Gasteiger partial charge in [-0.1, -0.05) is 12.8 Å². The maximum absolute atomic E-state index is 12.8. The Kier molecular flexibility index (Phi) is 3.72. The molecule has 3 rings (SSSR count). The van der Waals surface area contributed by atoms with Crippen molar-refractivity contribution < 1.29 is 13.3 Å². The van der Waals surface area contributed by atoms with Crippen LogP contribution in [0.15, 0.2) is 29.2 Å². The molecule has 0 amide bonds. The average Bonchev–Trinajstić information content (AvgIpc) is 3.01. The Morgan fingerprint density at radius 1 is 1.21 bits per heavy atom. The van der Waals surface area contributed by atoms with Crippen molar-refractivity contribution in [2.75, 3.05) is 5.75 Å². The second-order valence-electron chi connectivity index (χ2n) is 5.63. The molecule has 19 heavy (non-hydrogen) atoms. The van der Waals surface area contributed by atoms with Gasteiger partial charge in [0, 0.05) is 4.90 Å². The Hall–Kier alpha value is -0.740. The van der Waals surface area contributed by atoms with E-state index < -0.39 is 10.8 Å². The lowest BCUT2D eigenvalue weighted by Crippen LogP contribution is -2.27. The number of halogens is 1. The predicted octanol–water partition coefficient (Wildman–Crippen LogP) is 3.43. The van der Waals surface area contributed by atoms with Crippen LogP contribution in [0.1, 0.15) is 38.5 Å². The minimum atomic E-state index is -1.09. The van der Waals surface area contributed by atoms with Gasteiger partial charge in [-0.3, -0.25) is 4.21 Å². The molecular formula is C15H19FO2S. The van der Waals surface area contributed by atoms with Crippen LogP contribution in [0.5, 0.6) is 0 Å². The van der Waals surface area contributed by atoms with Gasteiger partial charge in [0.05, 0.1) is 28.3 Å². The van der Waals surface area contributed by atoms with Gasteiger partial charge in [-0.25, -0.2) is 4.39 Å². The van der Waals surface area contributed by atoms with E-state index in [1.807, 2.05) is 0 Å². The van der Waals surface area contributed by atoms with E-state index in [1.54, 1.807) is 12.1 Å². The summed E-state index contributed by atoms with van der Waals surface area (Å²) in [5.41, 5.74) is 0.0949. The van der Waals surface area contributed by atoms with Crippen molar-refractivity contribution in [3.63, 3.8) is 0 Å². The highest BCUT2D eigenvalue weighted by molar-refractivity contribution is 7.85.